The monoisotopic (exact) mass is 316 g/mol. The van der Waals surface area contributed by atoms with Gasteiger partial charge in [0.1, 0.15) is 0 Å². The molecule has 0 spiro atoms. The van der Waals surface area contributed by atoms with Crippen LogP contribution in [0.25, 0.3) is 0 Å². The predicted octanol–water partition coefficient (Wildman–Crippen LogP) is 2.82. The van der Waals surface area contributed by atoms with Crippen LogP contribution in [0.4, 0.5) is 11.4 Å². The Hall–Kier alpha value is -2.01. The normalized spacial score (nSPS) is 15.3. The van der Waals surface area contributed by atoms with Gasteiger partial charge in [-0.05, 0) is 67.1 Å². The Morgan fingerprint density at radius 3 is 2.09 bits per heavy atom. The van der Waals surface area contributed by atoms with Gasteiger partial charge in [0.25, 0.3) is 0 Å². The van der Waals surface area contributed by atoms with Crippen molar-refractivity contribution in [3.63, 3.8) is 0 Å². The van der Waals surface area contributed by atoms with Gasteiger partial charge >= 0.3 is 0 Å². The van der Waals surface area contributed by atoms with E-state index in [4.69, 9.17) is 11.5 Å². The fraction of sp³-hybridized carbons (Fsp3) is 0.294. The van der Waals surface area contributed by atoms with E-state index >= 15 is 0 Å². The Bertz CT molecular complexity index is 929. The standard InChI is InChI=1S/C17H20N2O2S/c1-8-5-12-7-13-10(3)15(18)9(2)6-14(13)22(20,21)17(12)11(4)16(8)19/h5-6H,7,18-19H2,1-4H3. The molecule has 0 atom stereocenters. The van der Waals surface area contributed by atoms with E-state index < -0.39 is 9.84 Å². The number of aryl methyl sites for hydroxylation is 2. The zero-order valence-electron chi connectivity index (χ0n) is 13.2. The van der Waals surface area contributed by atoms with Crippen molar-refractivity contribution in [1.82, 2.24) is 0 Å². The Morgan fingerprint density at radius 1 is 0.909 bits per heavy atom. The van der Waals surface area contributed by atoms with Crippen LogP contribution in [0.15, 0.2) is 21.9 Å². The lowest BCUT2D eigenvalue weighted by molar-refractivity contribution is 0.590. The highest BCUT2D eigenvalue weighted by Crippen LogP contribution is 2.42. The lowest BCUT2D eigenvalue weighted by atomic mass is 9.94. The zero-order valence-corrected chi connectivity index (χ0v) is 14.1. The van der Waals surface area contributed by atoms with Crippen LogP contribution < -0.4 is 11.5 Å². The van der Waals surface area contributed by atoms with Gasteiger partial charge in [-0.1, -0.05) is 6.07 Å². The Balaban J connectivity index is 2.44. The molecule has 0 aliphatic carbocycles. The first kappa shape index (κ1) is 14.9. The summed E-state index contributed by atoms with van der Waals surface area (Å²) in [5, 5.41) is 0. The topological polar surface area (TPSA) is 86.2 Å². The second kappa shape index (κ2) is 4.49. The van der Waals surface area contributed by atoms with E-state index in [2.05, 4.69) is 0 Å². The first-order valence-electron chi connectivity index (χ1n) is 7.18. The average Bonchev–Trinajstić information content (AvgIpc) is 2.43. The van der Waals surface area contributed by atoms with Crippen LogP contribution in [0.3, 0.4) is 0 Å². The summed E-state index contributed by atoms with van der Waals surface area (Å²) in [6, 6.07) is 3.57. The molecule has 1 heterocycles. The fourth-order valence-electron chi connectivity index (χ4n) is 3.33. The largest absolute Gasteiger partial charge is 0.398 e. The van der Waals surface area contributed by atoms with Gasteiger partial charge in [0.2, 0.25) is 9.84 Å². The highest BCUT2D eigenvalue weighted by Gasteiger charge is 2.33. The van der Waals surface area contributed by atoms with E-state index in [1.54, 1.807) is 13.0 Å². The molecule has 4 nitrogen and oxygen atoms in total. The average molecular weight is 316 g/mol. The van der Waals surface area contributed by atoms with Crippen molar-refractivity contribution in [1.29, 1.82) is 0 Å². The summed E-state index contributed by atoms with van der Waals surface area (Å²) in [5.74, 6) is 0. The summed E-state index contributed by atoms with van der Waals surface area (Å²) < 4.78 is 26.2. The van der Waals surface area contributed by atoms with Gasteiger partial charge in [0, 0.05) is 17.8 Å². The first-order valence-corrected chi connectivity index (χ1v) is 8.66. The summed E-state index contributed by atoms with van der Waals surface area (Å²) in [5.41, 5.74) is 18.2. The van der Waals surface area contributed by atoms with Gasteiger partial charge in [-0.2, -0.15) is 0 Å². The van der Waals surface area contributed by atoms with Crippen molar-refractivity contribution in [2.24, 2.45) is 0 Å². The molecule has 1 aliphatic rings. The third kappa shape index (κ3) is 1.78. The van der Waals surface area contributed by atoms with Crippen molar-refractivity contribution in [3.8, 4) is 0 Å². The molecule has 0 radical (unpaired) electrons. The van der Waals surface area contributed by atoms with Gasteiger partial charge in [0.05, 0.1) is 9.79 Å². The molecular weight excluding hydrogens is 296 g/mol. The summed E-state index contributed by atoms with van der Waals surface area (Å²) in [6.07, 6.45) is 0.572. The van der Waals surface area contributed by atoms with Crippen LogP contribution in [-0.4, -0.2) is 8.42 Å². The summed E-state index contributed by atoms with van der Waals surface area (Å²) >= 11 is 0. The number of fused-ring (bicyclic) bond motifs is 2. The van der Waals surface area contributed by atoms with Crippen LogP contribution in [0, 0.1) is 27.7 Å². The van der Waals surface area contributed by atoms with E-state index in [-0.39, 0.29) is 0 Å². The lowest BCUT2D eigenvalue weighted by Gasteiger charge is -2.26. The van der Waals surface area contributed by atoms with Crippen molar-refractivity contribution in [2.45, 2.75) is 43.9 Å². The maximum Gasteiger partial charge on any atom is 0.207 e. The Kier molecular flexibility index (Phi) is 3.04. The first-order chi connectivity index (χ1) is 10.2. The highest BCUT2D eigenvalue weighted by molar-refractivity contribution is 7.91. The third-order valence-electron chi connectivity index (χ3n) is 4.70. The molecule has 2 aromatic rings. The highest BCUT2D eigenvalue weighted by atomic mass is 32.2. The van der Waals surface area contributed by atoms with E-state index in [0.717, 1.165) is 27.8 Å². The van der Waals surface area contributed by atoms with E-state index in [0.29, 0.717) is 33.2 Å². The molecule has 0 saturated carbocycles. The summed E-state index contributed by atoms with van der Waals surface area (Å²) in [7, 11) is -3.57. The van der Waals surface area contributed by atoms with Gasteiger partial charge < -0.3 is 11.5 Å². The van der Waals surface area contributed by atoms with Crippen LogP contribution in [0.5, 0.6) is 0 Å². The number of nitrogens with two attached hydrogens (primary N) is 2. The Labute approximate surface area is 131 Å². The van der Waals surface area contributed by atoms with Gasteiger partial charge in [-0.25, -0.2) is 8.42 Å². The minimum atomic E-state index is -3.57. The minimum absolute atomic E-state index is 0.367. The number of sulfone groups is 1. The second-order valence-corrected chi connectivity index (χ2v) is 7.96. The number of rotatable bonds is 0. The molecule has 4 N–H and O–H groups in total. The molecule has 1 aliphatic heterocycles. The number of hydrogen-bond donors (Lipinski definition) is 2. The molecule has 0 aromatic heterocycles. The van der Waals surface area contributed by atoms with Crippen molar-refractivity contribution < 1.29 is 8.42 Å². The second-order valence-electron chi connectivity index (χ2n) is 6.11. The number of hydrogen-bond acceptors (Lipinski definition) is 4. The van der Waals surface area contributed by atoms with Gasteiger partial charge in [-0.3, -0.25) is 0 Å². The van der Waals surface area contributed by atoms with Crippen molar-refractivity contribution in [2.75, 3.05) is 11.5 Å². The molecule has 116 valence electrons. The number of nitrogen functional groups attached to an aromatic ring is 2. The SMILES string of the molecule is Cc1cc2c(c(C)c1N)Cc1cc(C)c(N)c(C)c1S2(=O)=O. The third-order valence-corrected chi connectivity index (χ3v) is 6.75. The maximum absolute atomic E-state index is 13.1. The fourth-order valence-corrected chi connectivity index (χ4v) is 5.42. The smallest absolute Gasteiger partial charge is 0.207 e. The van der Waals surface area contributed by atoms with Crippen molar-refractivity contribution in [3.05, 3.63) is 45.5 Å². The zero-order chi connectivity index (χ0) is 16.4. The van der Waals surface area contributed by atoms with E-state index in [9.17, 15) is 8.42 Å². The van der Waals surface area contributed by atoms with Crippen LogP contribution in [0.1, 0.15) is 33.4 Å². The van der Waals surface area contributed by atoms with Gasteiger partial charge in [0.15, 0.2) is 0 Å². The maximum atomic E-state index is 13.1. The molecule has 2 aromatic carbocycles. The molecule has 5 heteroatoms. The molecular formula is C17H20N2O2S. The molecule has 0 fully saturated rings. The lowest BCUT2D eigenvalue weighted by Crippen LogP contribution is -2.19. The van der Waals surface area contributed by atoms with Crippen molar-refractivity contribution >= 4 is 21.2 Å². The molecule has 0 amide bonds. The van der Waals surface area contributed by atoms with Gasteiger partial charge in [-0.15, -0.1) is 0 Å². The molecule has 0 saturated heterocycles. The molecule has 22 heavy (non-hydrogen) atoms. The number of benzene rings is 2. The van der Waals surface area contributed by atoms with Crippen LogP contribution in [0.2, 0.25) is 0 Å². The van der Waals surface area contributed by atoms with E-state index in [1.165, 1.54) is 0 Å². The van der Waals surface area contributed by atoms with E-state index in [1.807, 2.05) is 26.8 Å². The Morgan fingerprint density at radius 2 is 1.45 bits per heavy atom. The minimum Gasteiger partial charge on any atom is -0.398 e. The predicted molar refractivity (Wildman–Crippen MR) is 88.9 cm³/mol. The van der Waals surface area contributed by atoms with Crippen LogP contribution in [-0.2, 0) is 16.3 Å². The summed E-state index contributed by atoms with van der Waals surface area (Å²) in [4.78, 5) is 0.738. The molecule has 0 unspecified atom stereocenters. The molecule has 3 rings (SSSR count). The quantitative estimate of drug-likeness (QED) is 0.624. The number of anilines is 2. The molecule has 0 bridgehead atoms. The summed E-state index contributed by atoms with van der Waals surface area (Å²) in [6.45, 7) is 7.41. The van der Waals surface area contributed by atoms with Crippen LogP contribution >= 0.6 is 0 Å².